The minimum atomic E-state index is -0.674. The fourth-order valence-electron chi connectivity index (χ4n) is 3.14. The second kappa shape index (κ2) is 7.65. The summed E-state index contributed by atoms with van der Waals surface area (Å²) in [4.78, 5) is 28.8. The van der Waals surface area contributed by atoms with E-state index in [1.807, 2.05) is 0 Å². The average molecular weight is 372 g/mol. The van der Waals surface area contributed by atoms with Gasteiger partial charge in [0.2, 0.25) is 5.91 Å². The number of halogens is 1. The van der Waals surface area contributed by atoms with Gasteiger partial charge in [-0.1, -0.05) is 6.07 Å². The van der Waals surface area contributed by atoms with E-state index in [1.165, 1.54) is 36.2 Å². The molecule has 0 N–H and O–H groups in total. The molecule has 0 spiro atoms. The Bertz CT molecular complexity index is 849. The van der Waals surface area contributed by atoms with Gasteiger partial charge in [0.15, 0.2) is 0 Å². The molecule has 0 saturated carbocycles. The van der Waals surface area contributed by atoms with E-state index < -0.39 is 11.9 Å². The smallest absolute Gasteiger partial charge is 0.254 e. The van der Waals surface area contributed by atoms with Crippen LogP contribution in [0.1, 0.15) is 17.3 Å². The van der Waals surface area contributed by atoms with E-state index in [9.17, 15) is 14.0 Å². The molecule has 0 aliphatic carbocycles. The summed E-state index contributed by atoms with van der Waals surface area (Å²) in [5, 5.41) is 0. The zero-order valence-electron chi connectivity index (χ0n) is 15.4. The quantitative estimate of drug-likeness (QED) is 0.828. The van der Waals surface area contributed by atoms with Crippen molar-refractivity contribution in [2.24, 2.45) is 0 Å². The molecule has 0 radical (unpaired) electrons. The maximum Gasteiger partial charge on any atom is 0.254 e. The van der Waals surface area contributed by atoms with Gasteiger partial charge in [-0.2, -0.15) is 0 Å². The van der Waals surface area contributed by atoms with Gasteiger partial charge in [0.1, 0.15) is 23.4 Å². The normalized spacial score (nSPS) is 17.0. The van der Waals surface area contributed by atoms with E-state index in [4.69, 9.17) is 9.47 Å². The van der Waals surface area contributed by atoms with E-state index in [0.29, 0.717) is 35.8 Å². The Labute approximate surface area is 157 Å². The van der Waals surface area contributed by atoms with Gasteiger partial charge in [-0.3, -0.25) is 9.59 Å². The number of nitrogens with zero attached hydrogens (tertiary/aromatic N) is 2. The molecular formula is C20H21FN2O4. The Morgan fingerprint density at radius 3 is 2.33 bits per heavy atom. The van der Waals surface area contributed by atoms with Gasteiger partial charge in [-0.25, -0.2) is 4.39 Å². The molecule has 0 bridgehead atoms. The molecule has 142 valence electrons. The van der Waals surface area contributed by atoms with Crippen molar-refractivity contribution in [3.8, 4) is 11.5 Å². The van der Waals surface area contributed by atoms with Crippen LogP contribution in [0.3, 0.4) is 0 Å². The monoisotopic (exact) mass is 372 g/mol. The Kier molecular flexibility index (Phi) is 5.30. The summed E-state index contributed by atoms with van der Waals surface area (Å²) in [5.41, 5.74) is 0.868. The Hall–Kier alpha value is -3.09. The SMILES string of the molecule is COc1cc(OC)cc(C(=O)N2CCN(c3cccc(F)c3)C(=O)[C@H]2C)c1. The van der Waals surface area contributed by atoms with Crippen molar-refractivity contribution in [1.29, 1.82) is 0 Å². The minimum absolute atomic E-state index is 0.255. The predicted molar refractivity (Wildman–Crippen MR) is 98.8 cm³/mol. The van der Waals surface area contributed by atoms with Crippen molar-refractivity contribution in [1.82, 2.24) is 4.90 Å². The van der Waals surface area contributed by atoms with Crippen molar-refractivity contribution in [2.45, 2.75) is 13.0 Å². The lowest BCUT2D eigenvalue weighted by atomic mass is 10.1. The van der Waals surface area contributed by atoms with Crippen molar-refractivity contribution in [2.75, 3.05) is 32.2 Å². The first-order chi connectivity index (χ1) is 12.9. The lowest BCUT2D eigenvalue weighted by Gasteiger charge is -2.39. The first kappa shape index (κ1) is 18.7. The van der Waals surface area contributed by atoms with Crippen LogP contribution in [0.5, 0.6) is 11.5 Å². The molecule has 2 aromatic carbocycles. The van der Waals surface area contributed by atoms with E-state index in [-0.39, 0.29) is 11.8 Å². The second-order valence-electron chi connectivity index (χ2n) is 6.25. The predicted octanol–water partition coefficient (Wildman–Crippen LogP) is 2.72. The number of rotatable bonds is 4. The number of piperazine rings is 1. The van der Waals surface area contributed by atoms with Crippen LogP contribution >= 0.6 is 0 Å². The molecule has 1 aliphatic rings. The van der Waals surface area contributed by atoms with Gasteiger partial charge >= 0.3 is 0 Å². The molecule has 6 nitrogen and oxygen atoms in total. The third kappa shape index (κ3) is 3.72. The molecule has 3 rings (SSSR count). The zero-order chi connectivity index (χ0) is 19.6. The molecule has 27 heavy (non-hydrogen) atoms. The van der Waals surface area contributed by atoms with Gasteiger partial charge in [0, 0.05) is 30.4 Å². The van der Waals surface area contributed by atoms with Crippen LogP contribution in [0, 0.1) is 5.82 Å². The highest BCUT2D eigenvalue weighted by Crippen LogP contribution is 2.26. The number of ether oxygens (including phenoxy) is 2. The first-order valence-corrected chi connectivity index (χ1v) is 8.55. The van der Waals surface area contributed by atoms with Gasteiger partial charge < -0.3 is 19.3 Å². The topological polar surface area (TPSA) is 59.1 Å². The number of hydrogen-bond acceptors (Lipinski definition) is 4. The van der Waals surface area contributed by atoms with Gasteiger partial charge in [0.25, 0.3) is 5.91 Å². The highest BCUT2D eigenvalue weighted by molar-refractivity contribution is 6.03. The van der Waals surface area contributed by atoms with Crippen LogP contribution in [-0.2, 0) is 4.79 Å². The molecule has 7 heteroatoms. The van der Waals surface area contributed by atoms with Crippen LogP contribution in [0.4, 0.5) is 10.1 Å². The largest absolute Gasteiger partial charge is 0.497 e. The third-order valence-corrected chi connectivity index (χ3v) is 4.63. The van der Waals surface area contributed by atoms with E-state index in [1.54, 1.807) is 37.3 Å². The maximum atomic E-state index is 13.5. The lowest BCUT2D eigenvalue weighted by molar-refractivity contribution is -0.124. The summed E-state index contributed by atoms with van der Waals surface area (Å²) >= 11 is 0. The summed E-state index contributed by atoms with van der Waals surface area (Å²) in [7, 11) is 3.01. The average Bonchev–Trinajstić information content (AvgIpc) is 2.69. The zero-order valence-corrected chi connectivity index (χ0v) is 15.4. The molecule has 1 heterocycles. The summed E-state index contributed by atoms with van der Waals surface area (Å²) < 4.78 is 23.9. The Morgan fingerprint density at radius 1 is 1.07 bits per heavy atom. The fourth-order valence-corrected chi connectivity index (χ4v) is 3.14. The molecule has 2 amide bonds. The molecule has 1 saturated heterocycles. The lowest BCUT2D eigenvalue weighted by Crippen LogP contribution is -2.57. The van der Waals surface area contributed by atoms with Gasteiger partial charge in [0.05, 0.1) is 14.2 Å². The van der Waals surface area contributed by atoms with E-state index >= 15 is 0 Å². The van der Waals surface area contributed by atoms with Gasteiger partial charge in [-0.15, -0.1) is 0 Å². The van der Waals surface area contributed by atoms with Crippen LogP contribution in [-0.4, -0.2) is 50.1 Å². The summed E-state index contributed by atoms with van der Waals surface area (Å²) in [6.45, 7) is 2.30. The number of hydrogen-bond donors (Lipinski definition) is 0. The molecule has 2 aromatic rings. The molecule has 0 aromatic heterocycles. The molecule has 1 fully saturated rings. The minimum Gasteiger partial charge on any atom is -0.497 e. The van der Waals surface area contributed by atoms with Crippen LogP contribution < -0.4 is 14.4 Å². The van der Waals surface area contributed by atoms with Crippen LogP contribution in [0.15, 0.2) is 42.5 Å². The first-order valence-electron chi connectivity index (χ1n) is 8.55. The number of carbonyl (C=O) groups is 2. The van der Waals surface area contributed by atoms with E-state index in [0.717, 1.165) is 0 Å². The van der Waals surface area contributed by atoms with E-state index in [2.05, 4.69) is 0 Å². The molecule has 1 atom stereocenters. The number of benzene rings is 2. The van der Waals surface area contributed by atoms with Crippen molar-refractivity contribution >= 4 is 17.5 Å². The maximum absolute atomic E-state index is 13.5. The summed E-state index contributed by atoms with van der Waals surface area (Å²) in [6.07, 6.45) is 0. The second-order valence-corrected chi connectivity index (χ2v) is 6.25. The summed E-state index contributed by atoms with van der Waals surface area (Å²) in [5.74, 6) is 0.0436. The van der Waals surface area contributed by atoms with Crippen molar-refractivity contribution in [3.05, 3.63) is 53.8 Å². The fraction of sp³-hybridized carbons (Fsp3) is 0.300. The van der Waals surface area contributed by atoms with Crippen LogP contribution in [0.25, 0.3) is 0 Å². The number of anilines is 1. The van der Waals surface area contributed by atoms with Gasteiger partial charge in [-0.05, 0) is 37.3 Å². The number of methoxy groups -OCH3 is 2. The standard InChI is InChI=1S/C20H21FN2O4/c1-13-19(24)23(16-6-4-5-15(21)11-16)8-7-22(13)20(25)14-9-17(26-2)12-18(10-14)27-3/h4-6,9-13H,7-8H2,1-3H3/t13-/m1/s1. The molecule has 1 aliphatic heterocycles. The third-order valence-electron chi connectivity index (χ3n) is 4.63. The summed E-state index contributed by atoms with van der Waals surface area (Å²) in [6, 6.07) is 10.1. The highest BCUT2D eigenvalue weighted by atomic mass is 19.1. The van der Waals surface area contributed by atoms with Crippen molar-refractivity contribution in [3.63, 3.8) is 0 Å². The Morgan fingerprint density at radius 2 is 1.74 bits per heavy atom. The number of amides is 2. The van der Waals surface area contributed by atoms with Crippen LogP contribution in [0.2, 0.25) is 0 Å². The Balaban J connectivity index is 1.83. The molecular weight excluding hydrogens is 351 g/mol. The highest BCUT2D eigenvalue weighted by Gasteiger charge is 2.35. The number of carbonyl (C=O) groups excluding carboxylic acids is 2. The van der Waals surface area contributed by atoms with Crippen molar-refractivity contribution < 1.29 is 23.5 Å². The molecule has 0 unspecified atom stereocenters.